The minimum Gasteiger partial charge on any atom is -0.496 e. The standard InChI is InChI=1S/C17H22ClN3O2S/c1-21-17(10-6-4-5-7-12(10)19)24-16(20-21)14-13(22-2)9-8-11(18)15(14)23-3/h8-9,12H,4-7,19H2,1-3H3. The Balaban J connectivity index is 2.02. The number of methoxy groups -OCH3 is 2. The van der Waals surface area contributed by atoms with E-state index in [1.807, 2.05) is 18.1 Å². The van der Waals surface area contributed by atoms with Gasteiger partial charge in [-0.2, -0.15) is 5.10 Å². The molecule has 0 spiro atoms. The fourth-order valence-electron chi connectivity index (χ4n) is 3.15. The van der Waals surface area contributed by atoms with Gasteiger partial charge < -0.3 is 15.2 Å². The molecule has 0 aromatic heterocycles. The molecule has 130 valence electrons. The van der Waals surface area contributed by atoms with Crippen LogP contribution in [0.1, 0.15) is 31.2 Å². The Bertz CT molecular complexity index is 705. The van der Waals surface area contributed by atoms with Gasteiger partial charge in [-0.1, -0.05) is 18.0 Å². The number of ether oxygens (including phenoxy) is 2. The minimum absolute atomic E-state index is 0.112. The molecule has 1 aromatic carbocycles. The Morgan fingerprint density at radius 2 is 2.08 bits per heavy atom. The van der Waals surface area contributed by atoms with E-state index in [0.29, 0.717) is 16.5 Å². The number of halogens is 1. The topological polar surface area (TPSA) is 60.1 Å². The van der Waals surface area contributed by atoms with Gasteiger partial charge in [-0.15, -0.1) is 0 Å². The van der Waals surface area contributed by atoms with Crippen molar-refractivity contribution in [2.45, 2.75) is 31.7 Å². The third-order valence-electron chi connectivity index (χ3n) is 4.37. The molecule has 7 heteroatoms. The average Bonchev–Trinajstić information content (AvgIpc) is 2.96. The number of hydrazone groups is 1. The summed E-state index contributed by atoms with van der Waals surface area (Å²) in [4.78, 5) is 0. The number of nitrogens with zero attached hydrogens (tertiary/aromatic N) is 2. The van der Waals surface area contributed by atoms with Crippen molar-refractivity contribution in [3.63, 3.8) is 0 Å². The highest BCUT2D eigenvalue weighted by Gasteiger charge is 2.31. The molecule has 2 aliphatic rings. The summed E-state index contributed by atoms with van der Waals surface area (Å²) in [6.45, 7) is 0. The second-order valence-electron chi connectivity index (χ2n) is 5.87. The number of benzene rings is 1. The first-order valence-electron chi connectivity index (χ1n) is 7.96. The third-order valence-corrected chi connectivity index (χ3v) is 5.87. The Labute approximate surface area is 151 Å². The van der Waals surface area contributed by atoms with Crippen molar-refractivity contribution in [1.82, 2.24) is 5.01 Å². The number of rotatable bonds is 3. The van der Waals surface area contributed by atoms with Crippen molar-refractivity contribution in [2.75, 3.05) is 21.3 Å². The predicted molar refractivity (Wildman–Crippen MR) is 99.9 cm³/mol. The first-order valence-corrected chi connectivity index (χ1v) is 9.16. The third kappa shape index (κ3) is 3.10. The molecule has 1 fully saturated rings. The lowest BCUT2D eigenvalue weighted by Gasteiger charge is -2.25. The Morgan fingerprint density at radius 1 is 1.29 bits per heavy atom. The van der Waals surface area contributed by atoms with Crippen LogP contribution < -0.4 is 15.2 Å². The quantitative estimate of drug-likeness (QED) is 0.880. The molecule has 3 rings (SSSR count). The summed E-state index contributed by atoms with van der Waals surface area (Å²) >= 11 is 7.90. The Morgan fingerprint density at radius 3 is 2.75 bits per heavy atom. The average molecular weight is 368 g/mol. The zero-order chi connectivity index (χ0) is 17.3. The summed E-state index contributed by atoms with van der Waals surface area (Å²) in [6.07, 6.45) is 4.43. The van der Waals surface area contributed by atoms with Gasteiger partial charge in [0.05, 0.1) is 29.8 Å². The van der Waals surface area contributed by atoms with Gasteiger partial charge in [-0.3, -0.25) is 5.01 Å². The van der Waals surface area contributed by atoms with E-state index in [1.54, 1.807) is 32.0 Å². The van der Waals surface area contributed by atoms with Gasteiger partial charge in [0.2, 0.25) is 0 Å². The molecular weight excluding hydrogens is 346 g/mol. The van der Waals surface area contributed by atoms with Crippen LogP contribution in [-0.2, 0) is 0 Å². The molecule has 1 atom stereocenters. The summed E-state index contributed by atoms with van der Waals surface area (Å²) in [5.74, 6) is 1.27. The first kappa shape index (κ1) is 17.5. The van der Waals surface area contributed by atoms with Gasteiger partial charge in [0.1, 0.15) is 10.8 Å². The van der Waals surface area contributed by atoms with E-state index in [2.05, 4.69) is 5.10 Å². The van der Waals surface area contributed by atoms with Crippen LogP contribution in [0.15, 0.2) is 27.8 Å². The van der Waals surface area contributed by atoms with Crippen LogP contribution in [0.4, 0.5) is 0 Å². The Kier molecular flexibility index (Phi) is 5.27. The van der Waals surface area contributed by atoms with E-state index >= 15 is 0 Å². The normalized spacial score (nSPS) is 24.1. The van der Waals surface area contributed by atoms with E-state index in [4.69, 9.17) is 26.8 Å². The molecule has 0 amide bonds. The first-order chi connectivity index (χ1) is 11.6. The molecular formula is C17H22ClN3O2S. The smallest absolute Gasteiger partial charge is 0.151 e. The lowest BCUT2D eigenvalue weighted by molar-refractivity contribution is 0.392. The molecule has 24 heavy (non-hydrogen) atoms. The van der Waals surface area contributed by atoms with Crippen LogP contribution in [0.5, 0.6) is 11.5 Å². The second kappa shape index (κ2) is 7.25. The van der Waals surface area contributed by atoms with Gasteiger partial charge in [0.15, 0.2) is 5.75 Å². The molecule has 1 aliphatic heterocycles. The fraction of sp³-hybridized carbons (Fsp3) is 0.471. The van der Waals surface area contributed by atoms with E-state index < -0.39 is 0 Å². The van der Waals surface area contributed by atoms with E-state index in [0.717, 1.165) is 28.5 Å². The maximum Gasteiger partial charge on any atom is 0.151 e. The lowest BCUT2D eigenvalue weighted by Crippen LogP contribution is -2.28. The van der Waals surface area contributed by atoms with Crippen LogP contribution in [-0.4, -0.2) is 37.4 Å². The molecule has 0 saturated heterocycles. The number of hydrogen-bond donors (Lipinski definition) is 1. The molecule has 1 unspecified atom stereocenters. The molecule has 1 aromatic rings. The highest BCUT2D eigenvalue weighted by molar-refractivity contribution is 8.17. The maximum atomic E-state index is 6.32. The van der Waals surface area contributed by atoms with Crippen LogP contribution in [0.2, 0.25) is 5.02 Å². The highest BCUT2D eigenvalue weighted by Crippen LogP contribution is 2.44. The van der Waals surface area contributed by atoms with Gasteiger partial charge in [0.25, 0.3) is 0 Å². The molecule has 0 radical (unpaired) electrons. The predicted octanol–water partition coefficient (Wildman–Crippen LogP) is 3.81. The molecule has 1 heterocycles. The van der Waals surface area contributed by atoms with E-state index in [9.17, 15) is 0 Å². The lowest BCUT2D eigenvalue weighted by atomic mass is 9.91. The SMILES string of the molecule is COc1ccc(Cl)c(OC)c1C1=NN(C)C(=C2CCCCC2N)S1. The summed E-state index contributed by atoms with van der Waals surface area (Å²) in [5, 5.41) is 9.06. The summed E-state index contributed by atoms with van der Waals surface area (Å²) in [7, 11) is 5.18. The van der Waals surface area contributed by atoms with Crippen molar-refractivity contribution in [3.8, 4) is 11.5 Å². The largest absolute Gasteiger partial charge is 0.496 e. The van der Waals surface area contributed by atoms with Gasteiger partial charge in [0, 0.05) is 13.1 Å². The number of thioether (sulfide) groups is 1. The Hall–Kier alpha value is -1.37. The van der Waals surface area contributed by atoms with Crippen molar-refractivity contribution in [3.05, 3.63) is 33.3 Å². The van der Waals surface area contributed by atoms with Crippen molar-refractivity contribution in [2.24, 2.45) is 10.8 Å². The fourth-order valence-corrected chi connectivity index (χ4v) is 4.58. The monoisotopic (exact) mass is 367 g/mol. The zero-order valence-corrected chi connectivity index (χ0v) is 15.7. The number of nitrogens with two attached hydrogens (primary N) is 1. The van der Waals surface area contributed by atoms with Crippen LogP contribution in [0, 0.1) is 0 Å². The van der Waals surface area contributed by atoms with Gasteiger partial charge in [-0.05, 0) is 48.7 Å². The van der Waals surface area contributed by atoms with Crippen molar-refractivity contribution in [1.29, 1.82) is 0 Å². The highest BCUT2D eigenvalue weighted by atomic mass is 35.5. The van der Waals surface area contributed by atoms with Gasteiger partial charge >= 0.3 is 0 Å². The van der Waals surface area contributed by atoms with Crippen LogP contribution in [0.3, 0.4) is 0 Å². The van der Waals surface area contributed by atoms with Crippen LogP contribution >= 0.6 is 23.4 Å². The summed E-state index contributed by atoms with van der Waals surface area (Å²) in [5.41, 5.74) is 8.39. The van der Waals surface area contributed by atoms with E-state index in [1.165, 1.54) is 18.4 Å². The molecule has 5 nitrogen and oxygen atoms in total. The minimum atomic E-state index is 0.112. The molecule has 1 aliphatic carbocycles. The maximum absolute atomic E-state index is 6.32. The van der Waals surface area contributed by atoms with Crippen molar-refractivity contribution >= 4 is 28.4 Å². The molecule has 2 N–H and O–H groups in total. The molecule has 0 bridgehead atoms. The molecule has 1 saturated carbocycles. The van der Waals surface area contributed by atoms with Gasteiger partial charge in [-0.25, -0.2) is 0 Å². The number of hydrogen-bond acceptors (Lipinski definition) is 6. The second-order valence-corrected chi connectivity index (χ2v) is 7.26. The summed E-state index contributed by atoms with van der Waals surface area (Å²) in [6, 6.07) is 3.71. The zero-order valence-electron chi connectivity index (χ0n) is 14.1. The van der Waals surface area contributed by atoms with E-state index in [-0.39, 0.29) is 6.04 Å². The summed E-state index contributed by atoms with van der Waals surface area (Å²) < 4.78 is 11.0. The van der Waals surface area contributed by atoms with Crippen molar-refractivity contribution < 1.29 is 9.47 Å². The van der Waals surface area contributed by atoms with Crippen LogP contribution in [0.25, 0.3) is 0 Å².